The number of hydrogen-bond acceptors (Lipinski definition) is 2. The van der Waals surface area contributed by atoms with Gasteiger partial charge in [0.25, 0.3) is 0 Å². The molecule has 0 spiro atoms. The molecule has 0 aromatic rings. The molecule has 1 aliphatic heterocycles. The lowest BCUT2D eigenvalue weighted by atomic mass is 10.1. The number of hydrogen-bond donors (Lipinski definition) is 0. The average molecular weight is 185 g/mol. The number of alkyl halides is 3. The Morgan fingerprint density at radius 3 is 2.45 bits per heavy atom. The largest absolute Gasteiger partial charge is 0.393 e. The van der Waals surface area contributed by atoms with Crippen molar-refractivity contribution in [3.05, 3.63) is 0 Å². The van der Waals surface area contributed by atoms with Crippen LogP contribution in [0.5, 0.6) is 0 Å². The Hall–Kier alpha value is 0.100. The highest BCUT2D eigenvalue weighted by Crippen LogP contribution is 2.32. The minimum atomic E-state index is -4.01. The zero-order valence-corrected chi connectivity index (χ0v) is 7.00. The van der Waals surface area contributed by atoms with Crippen molar-refractivity contribution >= 4 is 11.8 Å². The molecular weight excluding hydrogens is 175 g/mol. The molecule has 0 aromatic heterocycles. The molecule has 0 amide bonds. The van der Waals surface area contributed by atoms with Crippen LogP contribution in [0.25, 0.3) is 0 Å². The third-order valence-electron chi connectivity index (χ3n) is 1.63. The summed E-state index contributed by atoms with van der Waals surface area (Å²) < 4.78 is 36.2. The van der Waals surface area contributed by atoms with Crippen LogP contribution in [0.15, 0.2) is 0 Å². The lowest BCUT2D eigenvalue weighted by Gasteiger charge is -2.30. The standard InChI is InChI=1S/C6H10F3NS/c1-10-2-5(3-11-4-10)6(7,8)9/h5H,2-4H2,1H3. The van der Waals surface area contributed by atoms with Crippen molar-refractivity contribution in [3.8, 4) is 0 Å². The molecule has 1 atom stereocenters. The van der Waals surface area contributed by atoms with Gasteiger partial charge < -0.3 is 0 Å². The third-order valence-corrected chi connectivity index (χ3v) is 2.89. The van der Waals surface area contributed by atoms with Gasteiger partial charge in [0.15, 0.2) is 0 Å². The van der Waals surface area contributed by atoms with Crippen LogP contribution in [0.2, 0.25) is 0 Å². The van der Waals surface area contributed by atoms with E-state index < -0.39 is 12.1 Å². The monoisotopic (exact) mass is 185 g/mol. The Balaban J connectivity index is 2.46. The molecule has 1 rings (SSSR count). The van der Waals surface area contributed by atoms with Gasteiger partial charge in [-0.3, -0.25) is 4.90 Å². The maximum atomic E-state index is 12.1. The second-order valence-electron chi connectivity index (χ2n) is 2.78. The topological polar surface area (TPSA) is 3.24 Å². The first-order chi connectivity index (χ1) is 5.00. The van der Waals surface area contributed by atoms with Crippen molar-refractivity contribution in [1.29, 1.82) is 0 Å². The van der Waals surface area contributed by atoms with E-state index in [1.54, 1.807) is 11.9 Å². The fourth-order valence-electron chi connectivity index (χ4n) is 1.03. The smallest absolute Gasteiger partial charge is 0.297 e. The molecule has 0 N–H and O–H groups in total. The van der Waals surface area contributed by atoms with Gasteiger partial charge in [0, 0.05) is 18.2 Å². The zero-order valence-electron chi connectivity index (χ0n) is 6.19. The maximum Gasteiger partial charge on any atom is 0.393 e. The van der Waals surface area contributed by atoms with Gasteiger partial charge in [0.05, 0.1) is 5.92 Å². The minimum Gasteiger partial charge on any atom is -0.297 e. The van der Waals surface area contributed by atoms with Crippen molar-refractivity contribution in [2.75, 3.05) is 25.2 Å². The molecule has 0 aliphatic carbocycles. The van der Waals surface area contributed by atoms with Gasteiger partial charge in [-0.05, 0) is 7.05 Å². The summed E-state index contributed by atoms with van der Waals surface area (Å²) in [6.45, 7) is 0.149. The first-order valence-corrected chi connectivity index (χ1v) is 4.48. The lowest BCUT2D eigenvalue weighted by molar-refractivity contribution is -0.172. The molecule has 66 valence electrons. The summed E-state index contributed by atoms with van der Waals surface area (Å²) in [5.74, 6) is -0.202. The Kier molecular flexibility index (Phi) is 2.70. The third kappa shape index (κ3) is 2.56. The minimum absolute atomic E-state index is 0.149. The van der Waals surface area contributed by atoms with Crippen LogP contribution in [-0.4, -0.2) is 36.3 Å². The highest BCUT2D eigenvalue weighted by atomic mass is 32.2. The maximum absolute atomic E-state index is 12.1. The van der Waals surface area contributed by atoms with Crippen molar-refractivity contribution in [1.82, 2.24) is 4.90 Å². The quantitative estimate of drug-likeness (QED) is 0.566. The first-order valence-electron chi connectivity index (χ1n) is 3.33. The summed E-state index contributed by atoms with van der Waals surface area (Å²) >= 11 is 1.34. The summed E-state index contributed by atoms with van der Waals surface area (Å²) in [7, 11) is 1.71. The molecular formula is C6H10F3NS. The van der Waals surface area contributed by atoms with Crippen LogP contribution in [-0.2, 0) is 0 Å². The first kappa shape index (κ1) is 9.19. The van der Waals surface area contributed by atoms with E-state index in [0.717, 1.165) is 0 Å². The van der Waals surface area contributed by atoms with Gasteiger partial charge >= 0.3 is 6.18 Å². The molecule has 1 aliphatic rings. The zero-order chi connectivity index (χ0) is 8.48. The van der Waals surface area contributed by atoms with E-state index in [9.17, 15) is 13.2 Å². The Morgan fingerprint density at radius 1 is 1.45 bits per heavy atom. The van der Waals surface area contributed by atoms with Crippen LogP contribution < -0.4 is 0 Å². The van der Waals surface area contributed by atoms with Crippen molar-refractivity contribution in [3.63, 3.8) is 0 Å². The molecule has 1 unspecified atom stereocenters. The van der Waals surface area contributed by atoms with Gasteiger partial charge in [-0.15, -0.1) is 11.8 Å². The molecule has 1 nitrogen and oxygen atoms in total. The summed E-state index contributed by atoms with van der Waals surface area (Å²) in [5.41, 5.74) is 0. The Bertz CT molecular complexity index is 136. The predicted molar refractivity (Wildman–Crippen MR) is 39.5 cm³/mol. The van der Waals surface area contributed by atoms with E-state index in [-0.39, 0.29) is 12.3 Å². The van der Waals surface area contributed by atoms with Crippen LogP contribution >= 0.6 is 11.8 Å². The van der Waals surface area contributed by atoms with E-state index in [2.05, 4.69) is 0 Å². The second-order valence-corrected chi connectivity index (χ2v) is 3.78. The highest BCUT2D eigenvalue weighted by molar-refractivity contribution is 7.99. The second kappa shape index (κ2) is 3.23. The van der Waals surface area contributed by atoms with E-state index in [1.807, 2.05) is 0 Å². The molecule has 11 heavy (non-hydrogen) atoms. The van der Waals surface area contributed by atoms with E-state index in [1.165, 1.54) is 11.8 Å². The van der Waals surface area contributed by atoms with Crippen LogP contribution in [0, 0.1) is 5.92 Å². The fraction of sp³-hybridized carbons (Fsp3) is 1.00. The lowest BCUT2D eigenvalue weighted by Crippen LogP contribution is -2.40. The predicted octanol–water partition coefficient (Wildman–Crippen LogP) is 1.80. The molecule has 1 fully saturated rings. The fourth-order valence-corrected chi connectivity index (χ4v) is 2.13. The van der Waals surface area contributed by atoms with Crippen LogP contribution in [0.1, 0.15) is 0 Å². The van der Waals surface area contributed by atoms with E-state index in [0.29, 0.717) is 5.88 Å². The summed E-state index contributed by atoms with van der Waals surface area (Å²) in [6, 6.07) is 0. The Labute approximate surface area is 67.9 Å². The summed E-state index contributed by atoms with van der Waals surface area (Å²) in [6.07, 6.45) is -4.01. The van der Waals surface area contributed by atoms with Crippen LogP contribution in [0.4, 0.5) is 13.2 Å². The molecule has 0 radical (unpaired) electrons. The van der Waals surface area contributed by atoms with Gasteiger partial charge in [-0.1, -0.05) is 0 Å². The molecule has 5 heteroatoms. The van der Waals surface area contributed by atoms with Crippen LogP contribution in [0.3, 0.4) is 0 Å². The number of halogens is 3. The van der Waals surface area contributed by atoms with E-state index >= 15 is 0 Å². The summed E-state index contributed by atoms with van der Waals surface area (Å²) in [5, 5.41) is 0. The number of thioether (sulfide) groups is 1. The van der Waals surface area contributed by atoms with Gasteiger partial charge in [-0.2, -0.15) is 13.2 Å². The normalized spacial score (nSPS) is 28.9. The summed E-state index contributed by atoms with van der Waals surface area (Å²) in [4.78, 5) is 1.70. The molecule has 0 aromatic carbocycles. The number of rotatable bonds is 0. The molecule has 1 saturated heterocycles. The van der Waals surface area contributed by atoms with Gasteiger partial charge in [0.1, 0.15) is 0 Å². The molecule has 1 heterocycles. The average Bonchev–Trinajstić information content (AvgIpc) is 1.86. The van der Waals surface area contributed by atoms with Gasteiger partial charge in [-0.25, -0.2) is 0 Å². The van der Waals surface area contributed by atoms with Crippen molar-refractivity contribution in [2.24, 2.45) is 5.92 Å². The van der Waals surface area contributed by atoms with Crippen molar-refractivity contribution in [2.45, 2.75) is 6.18 Å². The van der Waals surface area contributed by atoms with Gasteiger partial charge in [0.2, 0.25) is 0 Å². The molecule has 0 bridgehead atoms. The molecule has 0 saturated carbocycles. The van der Waals surface area contributed by atoms with Crippen molar-refractivity contribution < 1.29 is 13.2 Å². The Morgan fingerprint density at radius 2 is 2.09 bits per heavy atom. The highest BCUT2D eigenvalue weighted by Gasteiger charge is 2.41. The SMILES string of the molecule is CN1CSCC(C(F)(F)F)C1. The number of nitrogens with zero attached hydrogens (tertiary/aromatic N) is 1. The van der Waals surface area contributed by atoms with E-state index in [4.69, 9.17) is 0 Å².